The Morgan fingerprint density at radius 2 is 1.67 bits per heavy atom. The van der Waals surface area contributed by atoms with Crippen LogP contribution in [0, 0.1) is 0 Å². The molecular formula is C12H7NaO7S. The van der Waals surface area contributed by atoms with Crippen molar-refractivity contribution in [2.24, 2.45) is 0 Å². The van der Waals surface area contributed by atoms with Gasteiger partial charge in [-0.2, -0.15) is 8.42 Å². The number of hydrogen-bond donors (Lipinski definition) is 2. The first-order chi connectivity index (χ1) is 9.23. The first-order valence-corrected chi connectivity index (χ1v) is 6.65. The van der Waals surface area contributed by atoms with E-state index in [0.29, 0.717) is 0 Å². The number of aromatic carboxylic acids is 2. The second-order valence-corrected chi connectivity index (χ2v) is 5.30. The van der Waals surface area contributed by atoms with Crippen LogP contribution < -0.4 is 34.7 Å². The van der Waals surface area contributed by atoms with Crippen molar-refractivity contribution in [3.8, 4) is 0 Å². The number of fused-ring (bicyclic) bond motifs is 1. The number of carbonyl (C=O) groups excluding carboxylic acids is 1. The summed E-state index contributed by atoms with van der Waals surface area (Å²) in [6, 6.07) is 5.35. The molecular weight excluding hydrogens is 311 g/mol. The molecule has 0 aliphatic carbocycles. The fourth-order valence-electron chi connectivity index (χ4n) is 1.95. The van der Waals surface area contributed by atoms with E-state index in [0.717, 1.165) is 18.2 Å². The van der Waals surface area contributed by atoms with Gasteiger partial charge < -0.3 is 15.0 Å². The number of carbonyl (C=O) groups is 2. The van der Waals surface area contributed by atoms with Gasteiger partial charge in [0.15, 0.2) is 0 Å². The SMILES string of the molecule is O=C([O-])c1cccc2c(S(=O)(=O)O)ccc(C(=O)O)c12.[Na+]. The maximum Gasteiger partial charge on any atom is 1.00 e. The van der Waals surface area contributed by atoms with Crippen LogP contribution in [0.2, 0.25) is 0 Å². The Hall–Kier alpha value is -1.45. The van der Waals surface area contributed by atoms with Crippen LogP contribution in [0.5, 0.6) is 0 Å². The van der Waals surface area contributed by atoms with Gasteiger partial charge in [0.2, 0.25) is 0 Å². The zero-order chi connectivity index (χ0) is 15.1. The van der Waals surface area contributed by atoms with Crippen LogP contribution in [-0.4, -0.2) is 30.0 Å². The minimum absolute atomic E-state index is 0. The van der Waals surface area contributed by atoms with Crippen molar-refractivity contribution in [2.45, 2.75) is 4.90 Å². The van der Waals surface area contributed by atoms with E-state index in [1.54, 1.807) is 0 Å². The van der Waals surface area contributed by atoms with Crippen LogP contribution in [0.1, 0.15) is 20.7 Å². The Bertz CT molecular complexity index is 822. The molecule has 0 fully saturated rings. The smallest absolute Gasteiger partial charge is 0.545 e. The van der Waals surface area contributed by atoms with Crippen molar-refractivity contribution in [1.82, 2.24) is 0 Å². The Kier molecular flexibility index (Phi) is 5.13. The minimum atomic E-state index is -4.62. The van der Waals surface area contributed by atoms with E-state index >= 15 is 0 Å². The summed E-state index contributed by atoms with van der Waals surface area (Å²) in [7, 11) is -4.62. The molecule has 9 heteroatoms. The molecule has 0 aliphatic rings. The van der Waals surface area contributed by atoms with E-state index in [2.05, 4.69) is 0 Å². The minimum Gasteiger partial charge on any atom is -0.545 e. The normalized spacial score (nSPS) is 10.9. The Morgan fingerprint density at radius 1 is 1.05 bits per heavy atom. The van der Waals surface area contributed by atoms with Gasteiger partial charge in [0.1, 0.15) is 4.90 Å². The molecule has 7 nitrogen and oxygen atoms in total. The molecule has 0 radical (unpaired) electrons. The van der Waals surface area contributed by atoms with Crippen LogP contribution in [-0.2, 0) is 10.1 Å². The number of benzene rings is 2. The molecule has 2 N–H and O–H groups in total. The maximum atomic E-state index is 11.3. The van der Waals surface area contributed by atoms with Crippen LogP contribution in [0.15, 0.2) is 35.2 Å². The van der Waals surface area contributed by atoms with Gasteiger partial charge in [0, 0.05) is 16.3 Å². The summed E-state index contributed by atoms with van der Waals surface area (Å²) >= 11 is 0. The van der Waals surface area contributed by atoms with Gasteiger partial charge in [-0.05, 0) is 12.1 Å². The summed E-state index contributed by atoms with van der Waals surface area (Å²) in [6.45, 7) is 0. The fraction of sp³-hybridized carbons (Fsp3) is 0. The fourth-order valence-corrected chi connectivity index (χ4v) is 2.64. The average molecular weight is 318 g/mol. The number of carboxylic acids is 2. The van der Waals surface area contributed by atoms with Gasteiger partial charge in [-0.25, -0.2) is 4.79 Å². The molecule has 0 aromatic heterocycles. The second-order valence-electron chi connectivity index (χ2n) is 3.91. The average Bonchev–Trinajstić information content (AvgIpc) is 2.34. The van der Waals surface area contributed by atoms with Gasteiger partial charge in [-0.15, -0.1) is 0 Å². The molecule has 0 spiro atoms. The summed E-state index contributed by atoms with van der Waals surface area (Å²) in [5.74, 6) is -3.07. The number of rotatable bonds is 3. The van der Waals surface area contributed by atoms with Crippen molar-refractivity contribution in [3.05, 3.63) is 41.5 Å². The Morgan fingerprint density at radius 3 is 2.14 bits per heavy atom. The standard InChI is InChI=1S/C12H8O7S.Na/c13-11(14)7-3-1-2-6-9(20(17,18)19)5-4-8(10(6)7)12(15)16;/h1-5H,(H,13,14)(H,15,16)(H,17,18,19);/q;+1/p-1. The van der Waals surface area contributed by atoms with E-state index in [9.17, 15) is 23.1 Å². The van der Waals surface area contributed by atoms with Crippen molar-refractivity contribution in [3.63, 3.8) is 0 Å². The molecule has 2 aromatic rings. The van der Waals surface area contributed by atoms with Gasteiger partial charge in [-0.1, -0.05) is 18.2 Å². The molecule has 2 rings (SSSR count). The molecule has 104 valence electrons. The summed E-state index contributed by atoms with van der Waals surface area (Å²) in [5, 5.41) is 19.6. The first-order valence-electron chi connectivity index (χ1n) is 5.21. The molecule has 0 amide bonds. The third-order valence-electron chi connectivity index (χ3n) is 2.73. The van der Waals surface area contributed by atoms with Crippen LogP contribution in [0.25, 0.3) is 10.8 Å². The van der Waals surface area contributed by atoms with E-state index in [1.807, 2.05) is 0 Å². The summed E-state index contributed by atoms with van der Waals surface area (Å²) in [6.07, 6.45) is 0. The van der Waals surface area contributed by atoms with E-state index in [1.165, 1.54) is 12.1 Å². The van der Waals surface area contributed by atoms with Crippen molar-refractivity contribution >= 4 is 32.8 Å². The van der Waals surface area contributed by atoms with Crippen molar-refractivity contribution in [2.75, 3.05) is 0 Å². The monoisotopic (exact) mass is 318 g/mol. The second kappa shape index (κ2) is 6.12. The van der Waals surface area contributed by atoms with Crippen LogP contribution in [0.4, 0.5) is 0 Å². The Balaban J connectivity index is 0.00000220. The predicted octanol–water partition coefficient (Wildman–Crippen LogP) is -2.85. The summed E-state index contributed by atoms with van der Waals surface area (Å²) < 4.78 is 31.6. The molecule has 0 atom stereocenters. The predicted molar refractivity (Wildman–Crippen MR) is 65.1 cm³/mol. The van der Waals surface area contributed by atoms with Gasteiger partial charge in [0.25, 0.3) is 10.1 Å². The number of hydrogen-bond acceptors (Lipinski definition) is 5. The molecule has 21 heavy (non-hydrogen) atoms. The third-order valence-corrected chi connectivity index (χ3v) is 3.64. The van der Waals surface area contributed by atoms with Crippen molar-refractivity contribution in [1.29, 1.82) is 0 Å². The summed E-state index contributed by atoms with van der Waals surface area (Å²) in [5.41, 5.74) is -0.863. The zero-order valence-corrected chi connectivity index (χ0v) is 13.5. The van der Waals surface area contributed by atoms with E-state index in [-0.39, 0.29) is 40.3 Å². The van der Waals surface area contributed by atoms with Crippen LogP contribution >= 0.6 is 0 Å². The molecule has 0 heterocycles. The molecule has 0 saturated heterocycles. The molecule has 0 aliphatic heterocycles. The Labute approximate surface area is 141 Å². The molecule has 0 unspecified atom stereocenters. The maximum absolute atomic E-state index is 11.3. The molecule has 0 saturated carbocycles. The summed E-state index contributed by atoms with van der Waals surface area (Å²) in [4.78, 5) is 21.6. The third kappa shape index (κ3) is 3.25. The molecule has 2 aromatic carbocycles. The van der Waals surface area contributed by atoms with E-state index < -0.39 is 38.1 Å². The topological polar surface area (TPSA) is 132 Å². The first kappa shape index (κ1) is 17.6. The largest absolute Gasteiger partial charge is 1.00 e. The van der Waals surface area contributed by atoms with Crippen LogP contribution in [0.3, 0.4) is 0 Å². The van der Waals surface area contributed by atoms with Crippen molar-refractivity contribution < 1.29 is 62.3 Å². The zero-order valence-electron chi connectivity index (χ0n) is 10.7. The van der Waals surface area contributed by atoms with Gasteiger partial charge in [-0.3, -0.25) is 4.55 Å². The molecule has 0 bridgehead atoms. The van der Waals surface area contributed by atoms with Gasteiger partial charge in [0.05, 0.1) is 11.5 Å². The quantitative estimate of drug-likeness (QED) is 0.460. The van der Waals surface area contributed by atoms with Gasteiger partial charge >= 0.3 is 35.5 Å². The van der Waals surface area contributed by atoms with E-state index in [4.69, 9.17) is 9.66 Å². The number of carboxylic acid groups (broad SMARTS) is 2.